The van der Waals surface area contributed by atoms with Crippen molar-refractivity contribution in [1.29, 1.82) is 0 Å². The minimum absolute atomic E-state index is 0. The van der Waals surface area contributed by atoms with E-state index in [2.05, 4.69) is 169 Å². The number of allylic oxidation sites excluding steroid dienone is 6. The second-order valence-electron chi connectivity index (χ2n) is 17.9. The molecule has 3 aromatic rings. The average Bonchev–Trinajstić information content (AvgIpc) is 3.71. The van der Waals surface area contributed by atoms with Crippen LogP contribution in [0.4, 0.5) is 0 Å². The van der Waals surface area contributed by atoms with Gasteiger partial charge in [-0.1, -0.05) is 153 Å². The van der Waals surface area contributed by atoms with E-state index in [4.69, 9.17) is 0 Å². The maximum Gasteiger partial charge on any atom is -1.00 e. The first kappa shape index (κ1) is 43.6. The minimum atomic E-state index is 0. The largest absolute Gasteiger partial charge is 1.00 e. The Balaban J connectivity index is 0.000000264. The molecule has 0 bridgehead atoms. The zero-order valence-electron chi connectivity index (χ0n) is 33.7. The standard InChI is InChI=1S/C29H37.C11H17.C8H8.2ClH.Zr/c1-18-25-22-17-19-13-9-10-14-20(19)24(22)21-15-11-12-16-23(21)29(25,8)28(6,7)27(4,5)26(18,2)3;1-5-9-6-7-10(8-9)11(2,3)4;1-2-8-6-4-3-5-7-8;;;/h9-11,13-15,23H,12,16-17H2,1-8H3;6-8H,5H2,1-4H3;3-7H,1H3;2*1H;/q2*-1;;;;+2/p-2. The van der Waals surface area contributed by atoms with E-state index in [0.29, 0.717) is 11.3 Å². The van der Waals surface area contributed by atoms with Crippen LogP contribution < -0.4 is 24.8 Å². The number of hydrogen-bond donors (Lipinski definition) is 0. The average molecular weight is 801 g/mol. The van der Waals surface area contributed by atoms with Crippen molar-refractivity contribution in [2.24, 2.45) is 27.6 Å². The molecule has 51 heavy (non-hydrogen) atoms. The van der Waals surface area contributed by atoms with Gasteiger partial charge in [0.15, 0.2) is 0 Å². The summed E-state index contributed by atoms with van der Waals surface area (Å²) in [5.41, 5.74) is 14.9. The van der Waals surface area contributed by atoms with Crippen LogP contribution in [0.3, 0.4) is 0 Å². The van der Waals surface area contributed by atoms with Crippen molar-refractivity contribution in [1.82, 2.24) is 0 Å². The van der Waals surface area contributed by atoms with Gasteiger partial charge in [0.05, 0.1) is 0 Å². The van der Waals surface area contributed by atoms with Crippen LogP contribution in [0, 0.1) is 33.5 Å². The Bertz CT molecular complexity index is 1790. The number of rotatable bonds is 2. The van der Waals surface area contributed by atoms with Crippen LogP contribution in [0.15, 0.2) is 102 Å². The van der Waals surface area contributed by atoms with Crippen LogP contribution >= 0.6 is 0 Å². The summed E-state index contributed by atoms with van der Waals surface area (Å²) in [5, 5.41) is 0. The molecule has 1 fully saturated rings. The zero-order valence-corrected chi connectivity index (χ0v) is 37.7. The zero-order chi connectivity index (χ0) is 36.2. The second-order valence-corrected chi connectivity index (χ2v) is 19.7. The molecule has 0 aliphatic heterocycles. The van der Waals surface area contributed by atoms with Gasteiger partial charge in [-0.05, 0) is 40.6 Å². The van der Waals surface area contributed by atoms with Crippen molar-refractivity contribution in [2.75, 3.05) is 0 Å². The van der Waals surface area contributed by atoms with Crippen molar-refractivity contribution in [2.45, 2.75) is 121 Å². The molecular formula is C48H62Cl2Zr-2. The third kappa shape index (κ3) is 7.37. The number of aryl methyl sites for hydroxylation is 1. The van der Waals surface area contributed by atoms with Gasteiger partial charge < -0.3 is 24.8 Å². The summed E-state index contributed by atoms with van der Waals surface area (Å²) < 4.78 is 1.46. The Kier molecular flexibility index (Phi) is 13.6. The maximum atomic E-state index is 2.62. The molecule has 2 atom stereocenters. The van der Waals surface area contributed by atoms with Crippen molar-refractivity contribution in [3.05, 3.63) is 135 Å². The van der Waals surface area contributed by atoms with Crippen molar-refractivity contribution in [3.8, 4) is 0 Å². The van der Waals surface area contributed by atoms with E-state index in [1.54, 1.807) is 28.2 Å². The molecule has 0 nitrogen and oxygen atoms in total. The van der Waals surface area contributed by atoms with Gasteiger partial charge in [0.1, 0.15) is 0 Å². The van der Waals surface area contributed by atoms with E-state index in [1.165, 1.54) is 68.1 Å². The number of fused-ring (bicyclic) bond motifs is 6. The van der Waals surface area contributed by atoms with Crippen LogP contribution in [-0.4, -0.2) is 3.21 Å². The minimum Gasteiger partial charge on any atom is -1.00 e. The SMILES string of the molecule is CCc1cc(C(C)(C)C)c[cH-]1.C[C-]1C2=C3Cc4ccccc4C3=C3C=CCCC3C2(C)C(C)(C)C(C)(C)C1(C)C.C[C](=[Zr+2])c1ccccc1.[Cl-].[Cl-]. The van der Waals surface area contributed by atoms with E-state index < -0.39 is 0 Å². The van der Waals surface area contributed by atoms with E-state index in [9.17, 15) is 0 Å². The van der Waals surface area contributed by atoms with Gasteiger partial charge in [0.2, 0.25) is 0 Å². The first-order valence-electron chi connectivity index (χ1n) is 18.8. The molecule has 0 amide bonds. The topological polar surface area (TPSA) is 0 Å². The number of benzene rings is 2. The number of hydrogen-bond acceptors (Lipinski definition) is 0. The number of halogens is 2. The monoisotopic (exact) mass is 798 g/mol. The van der Waals surface area contributed by atoms with Crippen molar-refractivity contribution < 1.29 is 49.0 Å². The molecule has 0 heterocycles. The molecule has 0 radical (unpaired) electrons. The molecule has 1 saturated carbocycles. The molecule has 274 valence electrons. The molecule has 3 aromatic carbocycles. The Morgan fingerprint density at radius 1 is 0.902 bits per heavy atom. The van der Waals surface area contributed by atoms with Crippen molar-refractivity contribution in [3.63, 3.8) is 0 Å². The second kappa shape index (κ2) is 15.9. The van der Waals surface area contributed by atoms with Crippen LogP contribution in [0.2, 0.25) is 0 Å². The third-order valence-electron chi connectivity index (χ3n) is 14.1. The van der Waals surface area contributed by atoms with Gasteiger partial charge in [-0.2, -0.15) is 34.4 Å². The summed E-state index contributed by atoms with van der Waals surface area (Å²) in [7, 11) is 0. The third-order valence-corrected chi connectivity index (χ3v) is 14.8. The van der Waals surface area contributed by atoms with Crippen molar-refractivity contribution >= 4 is 8.78 Å². The smallest absolute Gasteiger partial charge is 1.00 e. The molecule has 0 spiro atoms. The van der Waals surface area contributed by atoms with Gasteiger partial charge >= 0.3 is 70.3 Å². The summed E-state index contributed by atoms with van der Waals surface area (Å²) >= 11 is 1.51. The summed E-state index contributed by atoms with van der Waals surface area (Å²) in [6.07, 6.45) is 9.65. The molecule has 0 N–H and O–H groups in total. The van der Waals surface area contributed by atoms with Gasteiger partial charge in [0.25, 0.3) is 0 Å². The molecular weight excluding hydrogens is 739 g/mol. The van der Waals surface area contributed by atoms with E-state index >= 15 is 0 Å². The molecule has 0 saturated heterocycles. The van der Waals surface area contributed by atoms with Crippen LogP contribution in [0.25, 0.3) is 5.57 Å². The molecule has 7 rings (SSSR count). The summed E-state index contributed by atoms with van der Waals surface area (Å²) in [5.74, 6) is 2.24. The molecule has 4 aliphatic carbocycles. The van der Waals surface area contributed by atoms with Crippen LogP contribution in [-0.2, 0) is 42.5 Å². The maximum absolute atomic E-state index is 2.62. The molecule has 3 heteroatoms. The first-order valence-corrected chi connectivity index (χ1v) is 20.0. The fourth-order valence-corrected chi connectivity index (χ4v) is 9.85. The predicted molar refractivity (Wildman–Crippen MR) is 211 cm³/mol. The Hall–Kier alpha value is -1.79. The Morgan fingerprint density at radius 3 is 2.04 bits per heavy atom. The van der Waals surface area contributed by atoms with Gasteiger partial charge in [-0.25, -0.2) is 12.0 Å². The van der Waals surface area contributed by atoms with E-state index in [1.807, 2.05) is 6.07 Å². The molecule has 0 aromatic heterocycles. The quantitative estimate of drug-likeness (QED) is 0.245. The normalized spacial score (nSPS) is 23.1. The first-order chi connectivity index (χ1) is 22.8. The van der Waals surface area contributed by atoms with E-state index in [0.717, 1.165) is 12.8 Å². The van der Waals surface area contributed by atoms with Crippen LogP contribution in [0.5, 0.6) is 0 Å². The Morgan fingerprint density at radius 2 is 1.51 bits per heavy atom. The van der Waals surface area contributed by atoms with Gasteiger partial charge in [-0.3, -0.25) is 0 Å². The summed E-state index contributed by atoms with van der Waals surface area (Å²) in [6.45, 7) is 31.4. The molecule has 4 aliphatic rings. The fourth-order valence-electron chi connectivity index (χ4n) is 9.44. The van der Waals surface area contributed by atoms with Gasteiger partial charge in [0, 0.05) is 0 Å². The predicted octanol–water partition coefficient (Wildman–Crippen LogP) is 7.01. The fraction of sp³-hybridized carbons (Fsp3) is 0.479. The summed E-state index contributed by atoms with van der Waals surface area (Å²) in [4.78, 5) is 0. The van der Waals surface area contributed by atoms with Crippen LogP contribution in [0.1, 0.15) is 131 Å². The van der Waals surface area contributed by atoms with Gasteiger partial charge in [-0.15, -0.1) is 6.92 Å². The molecule has 2 unspecified atom stereocenters. The summed E-state index contributed by atoms with van der Waals surface area (Å²) in [6, 6.07) is 26.4. The van der Waals surface area contributed by atoms with E-state index in [-0.39, 0.29) is 46.5 Å². The Labute approximate surface area is 339 Å².